The Kier molecular flexibility index (Phi) is 6.58. The molecule has 2 amide bonds. The highest BCUT2D eigenvalue weighted by Gasteiger charge is 2.27. The van der Waals surface area contributed by atoms with Gasteiger partial charge in [-0.05, 0) is 61.0 Å². The van der Waals surface area contributed by atoms with Gasteiger partial charge in [-0.2, -0.15) is 0 Å². The zero-order valence-electron chi connectivity index (χ0n) is 17.9. The molecule has 2 unspecified atom stereocenters. The first kappa shape index (κ1) is 22.0. The minimum absolute atomic E-state index is 0.0504. The Morgan fingerprint density at radius 1 is 1.16 bits per heavy atom. The Labute approximate surface area is 185 Å². The van der Waals surface area contributed by atoms with Crippen LogP contribution in [0.3, 0.4) is 0 Å². The predicted molar refractivity (Wildman–Crippen MR) is 125 cm³/mol. The zero-order valence-corrected chi connectivity index (χ0v) is 17.9. The first-order chi connectivity index (χ1) is 15.5. The number of nitrogens with zero attached hydrogens (tertiary/aromatic N) is 1. The van der Waals surface area contributed by atoms with Crippen LogP contribution < -0.4 is 16.0 Å². The highest BCUT2D eigenvalue weighted by Crippen LogP contribution is 2.38. The van der Waals surface area contributed by atoms with E-state index in [1.165, 1.54) is 6.07 Å². The summed E-state index contributed by atoms with van der Waals surface area (Å²) in [6, 6.07) is 13.7. The van der Waals surface area contributed by atoms with Gasteiger partial charge in [0.2, 0.25) is 0 Å². The molecule has 4 rings (SSSR count). The van der Waals surface area contributed by atoms with Crippen molar-refractivity contribution in [1.82, 2.24) is 10.6 Å². The molecule has 3 aromatic carbocycles. The van der Waals surface area contributed by atoms with Crippen LogP contribution in [0.2, 0.25) is 0 Å². The number of hydrogen-bond donors (Lipinski definition) is 3. The summed E-state index contributed by atoms with van der Waals surface area (Å²) in [5, 5.41) is 10.7. The zero-order chi connectivity index (χ0) is 22.7. The van der Waals surface area contributed by atoms with E-state index in [0.29, 0.717) is 23.6 Å². The molecule has 0 aromatic heterocycles. The lowest BCUT2D eigenvalue weighted by atomic mass is 9.93. The van der Waals surface area contributed by atoms with E-state index in [1.807, 2.05) is 37.4 Å². The summed E-state index contributed by atoms with van der Waals surface area (Å²) in [7, 11) is 1.89. The summed E-state index contributed by atoms with van der Waals surface area (Å²) in [4.78, 5) is 15.3. The molecule has 0 aliphatic carbocycles. The van der Waals surface area contributed by atoms with Gasteiger partial charge in [0.05, 0.1) is 11.3 Å². The Morgan fingerprint density at radius 2 is 1.91 bits per heavy atom. The van der Waals surface area contributed by atoms with E-state index in [1.54, 1.807) is 12.1 Å². The monoisotopic (exact) mass is 436 g/mol. The molecule has 0 radical (unpaired) electrons. The quantitative estimate of drug-likeness (QED) is 0.482. The van der Waals surface area contributed by atoms with Crippen molar-refractivity contribution >= 4 is 29.2 Å². The van der Waals surface area contributed by atoms with Crippen LogP contribution in [0.4, 0.5) is 19.3 Å². The molecule has 7 heteroatoms. The van der Waals surface area contributed by atoms with Gasteiger partial charge in [-0.15, -0.1) is 0 Å². The topological polar surface area (TPSA) is 65.5 Å². The minimum atomic E-state index is -0.807. The van der Waals surface area contributed by atoms with Crippen LogP contribution in [0.5, 0.6) is 0 Å². The minimum Gasteiger partial charge on any atom is -0.318 e. The second-order valence-corrected chi connectivity index (χ2v) is 8.10. The van der Waals surface area contributed by atoms with Gasteiger partial charge in [0.1, 0.15) is 5.82 Å². The largest absolute Gasteiger partial charge is 0.344 e. The molecule has 0 spiro atoms. The molecule has 3 N–H and O–H groups in total. The van der Waals surface area contributed by atoms with Gasteiger partial charge in [0, 0.05) is 18.6 Å². The van der Waals surface area contributed by atoms with Crippen molar-refractivity contribution < 1.29 is 13.6 Å². The van der Waals surface area contributed by atoms with Gasteiger partial charge in [0.25, 0.3) is 0 Å². The number of urea groups is 1. The summed E-state index contributed by atoms with van der Waals surface area (Å²) >= 11 is 0. The second kappa shape index (κ2) is 9.54. The van der Waals surface area contributed by atoms with Crippen LogP contribution in [0.1, 0.15) is 18.4 Å². The average Bonchev–Trinajstić information content (AvgIpc) is 3.23. The van der Waals surface area contributed by atoms with Crippen molar-refractivity contribution in [1.29, 1.82) is 0 Å². The normalized spacial score (nSPS) is 18.1. The fourth-order valence-corrected chi connectivity index (χ4v) is 4.54. The number of benzene rings is 3. The highest BCUT2D eigenvalue weighted by molar-refractivity contribution is 5.99. The van der Waals surface area contributed by atoms with Crippen molar-refractivity contribution in [2.75, 3.05) is 18.9 Å². The molecule has 1 aliphatic heterocycles. The van der Waals surface area contributed by atoms with Crippen molar-refractivity contribution in [2.24, 2.45) is 4.99 Å². The van der Waals surface area contributed by atoms with Gasteiger partial charge in [-0.1, -0.05) is 42.5 Å². The van der Waals surface area contributed by atoms with E-state index in [9.17, 15) is 4.79 Å². The molecule has 3 aromatic rings. The summed E-state index contributed by atoms with van der Waals surface area (Å²) in [5.41, 5.74) is 0.603. The summed E-state index contributed by atoms with van der Waals surface area (Å²) < 4.78 is 31.2. The molecule has 32 heavy (non-hydrogen) atoms. The maximum Gasteiger partial charge on any atom is 0.344 e. The number of likely N-dealkylation sites (N-methyl/N-ethyl adjacent to an activating group) is 1. The smallest absolute Gasteiger partial charge is 0.318 e. The number of carbonyl (C=O) groups excluding carboxylic acids is 1. The lowest BCUT2D eigenvalue weighted by molar-refractivity contribution is 0.259. The maximum absolute atomic E-state index is 15.8. The van der Waals surface area contributed by atoms with E-state index >= 15 is 8.78 Å². The third-order valence-electron chi connectivity index (χ3n) is 5.99. The van der Waals surface area contributed by atoms with E-state index in [0.717, 1.165) is 30.2 Å². The number of nitrogens with one attached hydrogen (secondary N) is 3. The van der Waals surface area contributed by atoms with E-state index in [4.69, 9.17) is 0 Å². The molecule has 1 fully saturated rings. The molecule has 166 valence electrons. The lowest BCUT2D eigenvalue weighted by Gasteiger charge is -2.19. The van der Waals surface area contributed by atoms with E-state index < -0.39 is 17.7 Å². The summed E-state index contributed by atoms with van der Waals surface area (Å²) in [6.07, 6.45) is 2.24. The first-order valence-corrected chi connectivity index (χ1v) is 10.7. The molecule has 1 aliphatic rings. The van der Waals surface area contributed by atoms with Gasteiger partial charge in [-0.25, -0.2) is 18.6 Å². The molecule has 0 saturated carbocycles. The van der Waals surface area contributed by atoms with Crippen molar-refractivity contribution in [3.63, 3.8) is 0 Å². The molecule has 5 nitrogen and oxygen atoms in total. The first-order valence-electron chi connectivity index (χ1n) is 10.7. The van der Waals surface area contributed by atoms with Gasteiger partial charge < -0.3 is 16.0 Å². The Morgan fingerprint density at radius 3 is 2.69 bits per heavy atom. The predicted octanol–water partition coefficient (Wildman–Crippen LogP) is 4.90. The molecular formula is C25H26F2N4O. The van der Waals surface area contributed by atoms with Crippen LogP contribution in [0.25, 0.3) is 21.9 Å². The molecular weight excluding hydrogens is 410 g/mol. The Bertz CT molecular complexity index is 1160. The molecule has 1 saturated heterocycles. The van der Waals surface area contributed by atoms with Gasteiger partial charge in [-0.3, -0.25) is 0 Å². The van der Waals surface area contributed by atoms with Crippen LogP contribution >= 0.6 is 0 Å². The van der Waals surface area contributed by atoms with Crippen molar-refractivity contribution in [3.05, 3.63) is 65.7 Å². The Hall–Kier alpha value is -3.16. The van der Waals surface area contributed by atoms with E-state index in [2.05, 4.69) is 27.7 Å². The third kappa shape index (κ3) is 4.40. The van der Waals surface area contributed by atoms with E-state index in [-0.39, 0.29) is 17.3 Å². The average molecular weight is 437 g/mol. The van der Waals surface area contributed by atoms with Crippen molar-refractivity contribution in [2.45, 2.75) is 31.3 Å². The molecule has 2 atom stereocenters. The number of fused-ring (bicyclic) bond motifs is 1. The summed E-state index contributed by atoms with van der Waals surface area (Å²) in [5.74, 6) is -1.47. The molecule has 0 bridgehead atoms. The summed E-state index contributed by atoms with van der Waals surface area (Å²) in [6.45, 7) is 4.03. The third-order valence-corrected chi connectivity index (χ3v) is 5.99. The fourth-order valence-electron chi connectivity index (χ4n) is 4.54. The standard InChI is InChI=1S/C25H26F2N4O/c1-28-14-18-11-10-17(30-18)12-16-13-21(26)22(23(27)24(16)31-25(32)29-2)20-9-5-7-15-6-3-4-8-19(15)20/h3-9,13,17-18,28,30H,2,10-12,14H2,1H3,(H,31,32). The van der Waals surface area contributed by atoms with Crippen LogP contribution in [-0.4, -0.2) is 38.4 Å². The van der Waals surface area contributed by atoms with Crippen LogP contribution in [0, 0.1) is 11.6 Å². The van der Waals surface area contributed by atoms with Crippen molar-refractivity contribution in [3.8, 4) is 11.1 Å². The molecule has 1 heterocycles. The number of aliphatic imine (C=N–C) groups is 1. The number of amides is 2. The Balaban J connectivity index is 1.79. The SMILES string of the molecule is C=NC(=O)Nc1c(CC2CCC(CNC)N2)cc(F)c(-c2cccc3ccccc23)c1F. The van der Waals surface area contributed by atoms with Gasteiger partial charge in [0.15, 0.2) is 5.82 Å². The lowest BCUT2D eigenvalue weighted by Crippen LogP contribution is -2.37. The number of carbonyl (C=O) groups is 1. The van der Waals surface area contributed by atoms with Crippen LogP contribution in [0.15, 0.2) is 53.5 Å². The maximum atomic E-state index is 15.8. The number of hydrogen-bond acceptors (Lipinski definition) is 3. The number of anilines is 1. The van der Waals surface area contributed by atoms with Gasteiger partial charge >= 0.3 is 6.03 Å². The number of rotatable bonds is 6. The fraction of sp³-hybridized carbons (Fsp3) is 0.280. The van der Waals surface area contributed by atoms with Crippen LogP contribution in [-0.2, 0) is 6.42 Å². The highest BCUT2D eigenvalue weighted by atomic mass is 19.1. The number of halogens is 2. The second-order valence-electron chi connectivity index (χ2n) is 8.10.